The van der Waals surface area contributed by atoms with Crippen LogP contribution in [0.3, 0.4) is 0 Å². The molecule has 1 amide bonds. The molecule has 0 aromatic heterocycles. The van der Waals surface area contributed by atoms with E-state index in [9.17, 15) is 4.79 Å². The number of methoxy groups -OCH3 is 1. The summed E-state index contributed by atoms with van der Waals surface area (Å²) in [5.41, 5.74) is 5.28. The van der Waals surface area contributed by atoms with Gasteiger partial charge in [-0.2, -0.15) is 0 Å². The average Bonchev–Trinajstić information content (AvgIpc) is 2.38. The summed E-state index contributed by atoms with van der Waals surface area (Å²) in [6.07, 6.45) is 0.245. The van der Waals surface area contributed by atoms with Crippen LogP contribution in [0.5, 0.6) is 11.5 Å². The van der Waals surface area contributed by atoms with Crippen molar-refractivity contribution in [3.63, 3.8) is 0 Å². The molecule has 5 nitrogen and oxygen atoms in total. The number of nitrogens with two attached hydrogens (primary N) is 1. The lowest BCUT2D eigenvalue weighted by atomic mass is 10.3. The van der Waals surface area contributed by atoms with Gasteiger partial charge in [-0.15, -0.1) is 12.4 Å². The van der Waals surface area contributed by atoms with Crippen LogP contribution in [0.4, 0.5) is 0 Å². The van der Waals surface area contributed by atoms with Crippen molar-refractivity contribution in [3.05, 3.63) is 24.3 Å². The Morgan fingerprint density at radius 3 is 2.42 bits per heavy atom. The van der Waals surface area contributed by atoms with Crippen LogP contribution in [0.2, 0.25) is 0 Å². The van der Waals surface area contributed by atoms with Crippen LogP contribution in [0.25, 0.3) is 0 Å². The maximum Gasteiger partial charge on any atom is 0.221 e. The first-order valence-electron chi connectivity index (χ1n) is 5.93. The predicted molar refractivity (Wildman–Crippen MR) is 77.0 cm³/mol. The number of hydrogen-bond donors (Lipinski definition) is 2. The molecular weight excluding hydrogens is 268 g/mol. The molecule has 0 saturated carbocycles. The second-order valence-electron chi connectivity index (χ2n) is 3.95. The molecule has 1 rings (SSSR count). The number of hydrogen-bond acceptors (Lipinski definition) is 4. The molecule has 0 aliphatic carbocycles. The number of ether oxygens (including phenoxy) is 2. The van der Waals surface area contributed by atoms with Gasteiger partial charge < -0.3 is 20.5 Å². The third kappa shape index (κ3) is 6.88. The minimum atomic E-state index is -0.0971. The monoisotopic (exact) mass is 288 g/mol. The van der Waals surface area contributed by atoms with E-state index in [1.54, 1.807) is 7.11 Å². The quantitative estimate of drug-likeness (QED) is 0.794. The Labute approximate surface area is 119 Å². The molecule has 0 bridgehead atoms. The lowest BCUT2D eigenvalue weighted by Gasteiger charge is -2.15. The number of carbonyl (C=O) groups is 1. The Morgan fingerprint density at radius 2 is 1.89 bits per heavy atom. The Hall–Kier alpha value is -1.46. The molecule has 3 N–H and O–H groups in total. The first-order valence-corrected chi connectivity index (χ1v) is 5.93. The zero-order chi connectivity index (χ0) is 13.4. The van der Waals surface area contributed by atoms with Crippen molar-refractivity contribution < 1.29 is 14.3 Å². The minimum Gasteiger partial charge on any atom is -0.497 e. The van der Waals surface area contributed by atoms with Crippen LogP contribution in [0, 0.1) is 0 Å². The molecule has 0 aliphatic heterocycles. The van der Waals surface area contributed by atoms with Gasteiger partial charge in [0.05, 0.1) is 13.7 Å². The van der Waals surface area contributed by atoms with E-state index >= 15 is 0 Å². The number of halogens is 1. The van der Waals surface area contributed by atoms with Gasteiger partial charge in [-0.25, -0.2) is 0 Å². The maximum atomic E-state index is 11.2. The smallest absolute Gasteiger partial charge is 0.221 e. The largest absolute Gasteiger partial charge is 0.497 e. The number of rotatable bonds is 7. The molecule has 1 atom stereocenters. The molecule has 1 aromatic carbocycles. The van der Waals surface area contributed by atoms with E-state index in [1.807, 2.05) is 31.2 Å². The molecule has 0 radical (unpaired) electrons. The van der Waals surface area contributed by atoms with E-state index in [-0.39, 0.29) is 24.4 Å². The van der Waals surface area contributed by atoms with Gasteiger partial charge in [0.25, 0.3) is 0 Å². The summed E-state index contributed by atoms with van der Waals surface area (Å²) in [5, 5.41) is 2.76. The van der Waals surface area contributed by atoms with Gasteiger partial charge in [-0.05, 0) is 31.2 Å². The first kappa shape index (κ1) is 17.5. The van der Waals surface area contributed by atoms with Gasteiger partial charge in [-0.3, -0.25) is 4.79 Å². The Morgan fingerprint density at radius 1 is 1.32 bits per heavy atom. The highest BCUT2D eigenvalue weighted by atomic mass is 35.5. The number of carbonyl (C=O) groups excluding carboxylic acids is 1. The van der Waals surface area contributed by atoms with E-state index in [1.165, 1.54) is 0 Å². The lowest BCUT2D eigenvalue weighted by Crippen LogP contribution is -2.34. The second-order valence-corrected chi connectivity index (χ2v) is 3.95. The fourth-order valence-corrected chi connectivity index (χ4v) is 1.41. The third-order valence-electron chi connectivity index (χ3n) is 2.35. The fourth-order valence-electron chi connectivity index (χ4n) is 1.41. The molecular formula is C13H21ClN2O3. The van der Waals surface area contributed by atoms with Crippen LogP contribution in [-0.4, -0.2) is 32.2 Å². The zero-order valence-electron chi connectivity index (χ0n) is 11.2. The van der Waals surface area contributed by atoms with Crippen molar-refractivity contribution in [2.75, 3.05) is 20.2 Å². The molecule has 108 valence electrons. The molecule has 0 saturated heterocycles. The van der Waals surface area contributed by atoms with Crippen molar-refractivity contribution in [2.45, 2.75) is 19.4 Å². The fraction of sp³-hybridized carbons (Fsp3) is 0.462. The van der Waals surface area contributed by atoms with Gasteiger partial charge in [0, 0.05) is 13.0 Å². The lowest BCUT2D eigenvalue weighted by molar-refractivity contribution is -0.121. The molecule has 0 fully saturated rings. The highest BCUT2D eigenvalue weighted by Crippen LogP contribution is 2.17. The Balaban J connectivity index is 0.00000324. The van der Waals surface area contributed by atoms with Gasteiger partial charge in [0.15, 0.2) is 0 Å². The summed E-state index contributed by atoms with van der Waals surface area (Å²) < 4.78 is 10.7. The van der Waals surface area contributed by atoms with Gasteiger partial charge in [0.1, 0.15) is 17.6 Å². The molecule has 19 heavy (non-hydrogen) atoms. The van der Waals surface area contributed by atoms with E-state index in [0.717, 1.165) is 11.5 Å². The SMILES string of the molecule is COc1ccc(OC(C)CNC(=O)CCN)cc1.Cl. The minimum absolute atomic E-state index is 0. The van der Waals surface area contributed by atoms with E-state index in [0.29, 0.717) is 19.5 Å². The average molecular weight is 289 g/mol. The van der Waals surface area contributed by atoms with Crippen molar-refractivity contribution in [1.82, 2.24) is 5.32 Å². The Bertz CT molecular complexity index is 371. The van der Waals surface area contributed by atoms with Crippen LogP contribution in [0.1, 0.15) is 13.3 Å². The van der Waals surface area contributed by atoms with Gasteiger partial charge in [0.2, 0.25) is 5.91 Å². The summed E-state index contributed by atoms with van der Waals surface area (Å²) in [4.78, 5) is 11.2. The van der Waals surface area contributed by atoms with Gasteiger partial charge >= 0.3 is 0 Å². The first-order chi connectivity index (χ1) is 8.65. The Kier molecular flexibility index (Phi) is 8.74. The highest BCUT2D eigenvalue weighted by molar-refractivity contribution is 5.85. The molecule has 0 aliphatic rings. The number of amides is 1. The number of benzene rings is 1. The van der Waals surface area contributed by atoms with Crippen molar-refractivity contribution in [1.29, 1.82) is 0 Å². The summed E-state index contributed by atoms with van der Waals surface area (Å²) in [5.74, 6) is 1.48. The molecule has 0 spiro atoms. The van der Waals surface area contributed by atoms with Crippen LogP contribution < -0.4 is 20.5 Å². The summed E-state index contributed by atoms with van der Waals surface area (Å²) in [6.45, 7) is 2.72. The maximum absolute atomic E-state index is 11.2. The highest BCUT2D eigenvalue weighted by Gasteiger charge is 2.06. The topological polar surface area (TPSA) is 73.6 Å². The second kappa shape index (κ2) is 9.47. The van der Waals surface area contributed by atoms with Crippen LogP contribution in [0.15, 0.2) is 24.3 Å². The third-order valence-corrected chi connectivity index (χ3v) is 2.35. The molecule has 6 heteroatoms. The summed E-state index contributed by atoms with van der Waals surface area (Å²) in [7, 11) is 1.62. The van der Waals surface area contributed by atoms with Crippen molar-refractivity contribution in [3.8, 4) is 11.5 Å². The predicted octanol–water partition coefficient (Wildman–Crippen LogP) is 1.35. The van der Waals surface area contributed by atoms with E-state index < -0.39 is 0 Å². The standard InChI is InChI=1S/C13H20N2O3.ClH/c1-10(9-15-13(16)7-8-14)18-12-5-3-11(17-2)4-6-12;/h3-6,10H,7-9,14H2,1-2H3,(H,15,16);1H. The molecule has 1 unspecified atom stereocenters. The van der Waals surface area contributed by atoms with Crippen LogP contribution >= 0.6 is 12.4 Å². The summed E-state index contributed by atoms with van der Waals surface area (Å²) in [6, 6.07) is 7.32. The molecule has 1 aromatic rings. The van der Waals surface area contributed by atoms with Crippen molar-refractivity contribution in [2.24, 2.45) is 5.73 Å². The zero-order valence-corrected chi connectivity index (χ0v) is 12.0. The van der Waals surface area contributed by atoms with E-state index in [2.05, 4.69) is 5.32 Å². The summed E-state index contributed by atoms with van der Waals surface area (Å²) >= 11 is 0. The van der Waals surface area contributed by atoms with Crippen LogP contribution in [-0.2, 0) is 4.79 Å². The van der Waals surface area contributed by atoms with E-state index in [4.69, 9.17) is 15.2 Å². The number of nitrogens with one attached hydrogen (secondary N) is 1. The molecule has 0 heterocycles. The normalized spacial score (nSPS) is 11.1. The van der Waals surface area contributed by atoms with Gasteiger partial charge in [-0.1, -0.05) is 0 Å². The van der Waals surface area contributed by atoms with Crippen molar-refractivity contribution >= 4 is 18.3 Å².